The second kappa shape index (κ2) is 10.3. The molecule has 31 heavy (non-hydrogen) atoms. The molecule has 166 valence electrons. The van der Waals surface area contributed by atoms with Crippen molar-refractivity contribution in [2.45, 2.75) is 44.1 Å². The van der Waals surface area contributed by atoms with E-state index < -0.39 is 5.54 Å². The average Bonchev–Trinajstić information content (AvgIpc) is 3.14. The Hall–Kier alpha value is -3.09. The Balaban J connectivity index is 1.56. The van der Waals surface area contributed by atoms with Crippen LogP contribution in [0.2, 0.25) is 0 Å². The van der Waals surface area contributed by atoms with Crippen molar-refractivity contribution in [3.05, 3.63) is 59.4 Å². The molecule has 0 spiro atoms. The lowest BCUT2D eigenvalue weighted by Crippen LogP contribution is -2.44. The molecular weight excluding hydrogens is 399 g/mol. The molecule has 0 aliphatic carbocycles. The van der Waals surface area contributed by atoms with E-state index in [0.717, 1.165) is 11.3 Å². The first-order valence-electron chi connectivity index (χ1n) is 10.5. The van der Waals surface area contributed by atoms with Gasteiger partial charge < -0.3 is 20.1 Å². The summed E-state index contributed by atoms with van der Waals surface area (Å²) in [6.07, 6.45) is 2.66. The fourth-order valence-corrected chi connectivity index (χ4v) is 4.03. The van der Waals surface area contributed by atoms with Crippen LogP contribution in [0.3, 0.4) is 0 Å². The van der Waals surface area contributed by atoms with Gasteiger partial charge in [-0.25, -0.2) is 4.39 Å². The van der Waals surface area contributed by atoms with Crippen LogP contribution in [0.5, 0.6) is 11.5 Å². The van der Waals surface area contributed by atoms with Crippen molar-refractivity contribution in [1.82, 2.24) is 10.6 Å². The van der Waals surface area contributed by atoms with E-state index >= 15 is 0 Å². The van der Waals surface area contributed by atoms with Gasteiger partial charge in [-0.05, 0) is 48.9 Å². The van der Waals surface area contributed by atoms with Gasteiger partial charge in [-0.15, -0.1) is 0 Å². The number of benzene rings is 2. The Bertz CT molecular complexity index is 934. The first-order valence-corrected chi connectivity index (χ1v) is 10.5. The van der Waals surface area contributed by atoms with E-state index in [2.05, 4.69) is 10.6 Å². The molecule has 0 bridgehead atoms. The summed E-state index contributed by atoms with van der Waals surface area (Å²) in [5.74, 6) is 0.711. The minimum absolute atomic E-state index is 0.0644. The number of rotatable bonds is 10. The molecule has 6 nitrogen and oxygen atoms in total. The molecule has 2 amide bonds. The molecule has 3 rings (SSSR count). The maximum Gasteiger partial charge on any atom is 0.220 e. The fourth-order valence-electron chi connectivity index (χ4n) is 4.03. The lowest BCUT2D eigenvalue weighted by atomic mass is 9.84. The summed E-state index contributed by atoms with van der Waals surface area (Å²) in [6.45, 7) is 0.492. The molecule has 1 aliphatic heterocycles. The number of methoxy groups -OCH3 is 2. The van der Waals surface area contributed by atoms with Gasteiger partial charge in [0.05, 0.1) is 14.2 Å². The van der Waals surface area contributed by atoms with Gasteiger partial charge in [0.1, 0.15) is 17.3 Å². The van der Waals surface area contributed by atoms with Gasteiger partial charge in [-0.3, -0.25) is 9.59 Å². The van der Waals surface area contributed by atoms with Gasteiger partial charge in [0.2, 0.25) is 11.8 Å². The van der Waals surface area contributed by atoms with E-state index in [-0.39, 0.29) is 24.1 Å². The Labute approximate surface area is 182 Å². The summed E-state index contributed by atoms with van der Waals surface area (Å²) in [6, 6.07) is 12.4. The lowest BCUT2D eigenvalue weighted by molar-refractivity contribution is -0.122. The zero-order valence-electron chi connectivity index (χ0n) is 18.0. The van der Waals surface area contributed by atoms with Crippen molar-refractivity contribution in [3.63, 3.8) is 0 Å². The predicted molar refractivity (Wildman–Crippen MR) is 116 cm³/mol. The minimum atomic E-state index is -0.619. The number of para-hydroxylation sites is 1. The van der Waals surface area contributed by atoms with Crippen LogP contribution in [-0.4, -0.2) is 38.1 Å². The number of carbonyl (C=O) groups is 2. The van der Waals surface area contributed by atoms with Crippen LogP contribution in [-0.2, 0) is 22.4 Å². The van der Waals surface area contributed by atoms with Gasteiger partial charge in [0, 0.05) is 31.0 Å². The van der Waals surface area contributed by atoms with E-state index in [9.17, 15) is 14.0 Å². The molecule has 0 aromatic heterocycles. The number of hydrogen-bond acceptors (Lipinski definition) is 4. The summed E-state index contributed by atoms with van der Waals surface area (Å²) < 4.78 is 24.8. The molecule has 2 aromatic carbocycles. The van der Waals surface area contributed by atoms with E-state index in [4.69, 9.17) is 9.47 Å². The Morgan fingerprint density at radius 3 is 2.65 bits per heavy atom. The van der Waals surface area contributed by atoms with Crippen molar-refractivity contribution in [2.75, 3.05) is 20.8 Å². The number of amides is 2. The molecule has 2 N–H and O–H groups in total. The third-order valence-electron chi connectivity index (χ3n) is 5.76. The van der Waals surface area contributed by atoms with Crippen molar-refractivity contribution in [3.8, 4) is 11.5 Å². The average molecular weight is 429 g/mol. The number of hydrogen-bond donors (Lipinski definition) is 2. The fraction of sp³-hybridized carbons (Fsp3) is 0.417. The Kier molecular flexibility index (Phi) is 7.50. The molecular formula is C24H29FN2O4. The van der Waals surface area contributed by atoms with Gasteiger partial charge in [-0.2, -0.15) is 0 Å². The molecule has 1 saturated heterocycles. The maximum absolute atomic E-state index is 14.5. The van der Waals surface area contributed by atoms with E-state index in [1.165, 1.54) is 13.2 Å². The van der Waals surface area contributed by atoms with Crippen LogP contribution in [0.4, 0.5) is 4.39 Å². The molecule has 0 unspecified atom stereocenters. The monoisotopic (exact) mass is 428 g/mol. The molecule has 0 saturated carbocycles. The molecule has 7 heteroatoms. The van der Waals surface area contributed by atoms with Crippen LogP contribution < -0.4 is 20.1 Å². The van der Waals surface area contributed by atoms with Gasteiger partial charge in [0.15, 0.2) is 0 Å². The van der Waals surface area contributed by atoms with Crippen LogP contribution in [0.15, 0.2) is 42.5 Å². The van der Waals surface area contributed by atoms with E-state index in [1.54, 1.807) is 19.2 Å². The third kappa shape index (κ3) is 5.96. The number of carbonyl (C=O) groups excluding carboxylic acids is 2. The number of nitrogens with one attached hydrogen (secondary N) is 2. The quantitative estimate of drug-likeness (QED) is 0.610. The largest absolute Gasteiger partial charge is 0.497 e. The van der Waals surface area contributed by atoms with E-state index in [0.29, 0.717) is 50.0 Å². The standard InChI is InChI=1S/C24H29FN2O4/c1-30-19-8-7-18(20(25)15-19)16-24(13-10-23(29)27-24)12-9-22(28)26-14-11-17-5-3-4-6-21(17)31-2/h3-8,15H,9-14,16H2,1-2H3,(H,26,28)(H,27,29)/t24-/m0/s1. The highest BCUT2D eigenvalue weighted by Gasteiger charge is 2.38. The Morgan fingerprint density at radius 2 is 1.97 bits per heavy atom. The van der Waals surface area contributed by atoms with Crippen molar-refractivity contribution >= 4 is 11.8 Å². The van der Waals surface area contributed by atoms with E-state index in [1.807, 2.05) is 24.3 Å². The second-order valence-corrected chi connectivity index (χ2v) is 7.87. The van der Waals surface area contributed by atoms with Gasteiger partial charge >= 0.3 is 0 Å². The Morgan fingerprint density at radius 1 is 1.16 bits per heavy atom. The summed E-state index contributed by atoms with van der Waals surface area (Å²) >= 11 is 0. The van der Waals surface area contributed by atoms with Crippen LogP contribution in [0.25, 0.3) is 0 Å². The van der Waals surface area contributed by atoms with Crippen LogP contribution in [0, 0.1) is 5.82 Å². The van der Waals surface area contributed by atoms with Crippen LogP contribution >= 0.6 is 0 Å². The zero-order valence-corrected chi connectivity index (χ0v) is 18.0. The minimum Gasteiger partial charge on any atom is -0.497 e. The maximum atomic E-state index is 14.5. The van der Waals surface area contributed by atoms with Gasteiger partial charge in [-0.1, -0.05) is 24.3 Å². The summed E-state index contributed by atoms with van der Waals surface area (Å²) in [7, 11) is 3.11. The lowest BCUT2D eigenvalue weighted by Gasteiger charge is -2.29. The number of halogens is 1. The smallest absolute Gasteiger partial charge is 0.220 e. The normalized spacial score (nSPS) is 17.8. The molecule has 1 fully saturated rings. The number of ether oxygens (including phenoxy) is 2. The molecule has 1 heterocycles. The van der Waals surface area contributed by atoms with Crippen molar-refractivity contribution in [2.24, 2.45) is 0 Å². The molecule has 1 atom stereocenters. The van der Waals surface area contributed by atoms with Gasteiger partial charge in [0.25, 0.3) is 0 Å². The van der Waals surface area contributed by atoms with Crippen molar-refractivity contribution < 1.29 is 23.5 Å². The SMILES string of the molecule is COc1ccc(C[C@]2(CCC(=O)NCCc3ccccc3OC)CCC(=O)N2)c(F)c1. The molecule has 0 radical (unpaired) electrons. The first kappa shape index (κ1) is 22.6. The highest BCUT2D eigenvalue weighted by atomic mass is 19.1. The highest BCUT2D eigenvalue weighted by Crippen LogP contribution is 2.31. The van der Waals surface area contributed by atoms with Crippen LogP contribution in [0.1, 0.15) is 36.8 Å². The second-order valence-electron chi connectivity index (χ2n) is 7.87. The first-order chi connectivity index (χ1) is 14.9. The highest BCUT2D eigenvalue weighted by molar-refractivity contribution is 5.80. The zero-order chi connectivity index (χ0) is 22.3. The summed E-state index contributed by atoms with van der Waals surface area (Å²) in [5, 5.41) is 5.92. The predicted octanol–water partition coefficient (Wildman–Crippen LogP) is 3.17. The topological polar surface area (TPSA) is 76.7 Å². The summed E-state index contributed by atoms with van der Waals surface area (Å²) in [4.78, 5) is 24.4. The summed E-state index contributed by atoms with van der Waals surface area (Å²) in [5.41, 5.74) is 0.909. The molecule has 1 aliphatic rings. The van der Waals surface area contributed by atoms with Crippen molar-refractivity contribution in [1.29, 1.82) is 0 Å². The molecule has 2 aromatic rings. The third-order valence-corrected chi connectivity index (χ3v) is 5.76.